The van der Waals surface area contributed by atoms with Crippen LogP contribution in [0.5, 0.6) is 0 Å². The average molecular weight is 361 g/mol. The van der Waals surface area contributed by atoms with E-state index in [2.05, 4.69) is 17.1 Å². The molecule has 0 spiro atoms. The zero-order valence-electron chi connectivity index (χ0n) is 15.2. The fourth-order valence-electron chi connectivity index (χ4n) is 3.03. The minimum atomic E-state index is -0.418. The molecule has 0 N–H and O–H groups in total. The van der Waals surface area contributed by atoms with Crippen LogP contribution in [0, 0.1) is 0 Å². The third kappa shape index (κ3) is 3.33. The van der Waals surface area contributed by atoms with Crippen molar-refractivity contribution >= 4 is 16.9 Å². The summed E-state index contributed by atoms with van der Waals surface area (Å²) in [6.45, 7) is 2.04. The van der Waals surface area contributed by atoms with Gasteiger partial charge in [0.25, 0.3) is 5.89 Å². The van der Waals surface area contributed by atoms with E-state index in [-0.39, 0.29) is 12.5 Å². The van der Waals surface area contributed by atoms with Crippen LogP contribution >= 0.6 is 0 Å². The number of fused-ring (bicyclic) bond motifs is 1. The van der Waals surface area contributed by atoms with E-state index in [1.54, 1.807) is 6.20 Å². The van der Waals surface area contributed by atoms with Gasteiger partial charge in [0, 0.05) is 29.7 Å². The van der Waals surface area contributed by atoms with Gasteiger partial charge in [0.2, 0.25) is 5.82 Å². The Morgan fingerprint density at radius 2 is 1.93 bits per heavy atom. The number of esters is 1. The van der Waals surface area contributed by atoms with Crippen molar-refractivity contribution < 1.29 is 14.1 Å². The number of nitrogens with zero attached hydrogens (tertiary/aromatic N) is 3. The van der Waals surface area contributed by atoms with E-state index in [4.69, 9.17) is 9.26 Å². The van der Waals surface area contributed by atoms with Crippen LogP contribution in [0.2, 0.25) is 0 Å². The SMILES string of the molecule is CCc1ccc(-c2noc(COC(=O)c3cn(C)c4ccccc34)n2)cc1. The number of hydrogen-bond acceptors (Lipinski definition) is 5. The second-order valence-electron chi connectivity index (χ2n) is 6.31. The van der Waals surface area contributed by atoms with Crippen LogP contribution in [0.3, 0.4) is 0 Å². The summed E-state index contributed by atoms with van der Waals surface area (Å²) in [5.41, 5.74) is 3.59. The summed E-state index contributed by atoms with van der Waals surface area (Å²) < 4.78 is 12.5. The lowest BCUT2D eigenvalue weighted by atomic mass is 10.1. The van der Waals surface area contributed by atoms with Crippen molar-refractivity contribution in [1.29, 1.82) is 0 Å². The second-order valence-corrected chi connectivity index (χ2v) is 6.31. The van der Waals surface area contributed by atoms with E-state index in [0.717, 1.165) is 22.9 Å². The third-order valence-electron chi connectivity index (χ3n) is 4.53. The molecule has 0 amide bonds. The fraction of sp³-hybridized carbons (Fsp3) is 0.190. The number of carbonyl (C=O) groups is 1. The number of hydrogen-bond donors (Lipinski definition) is 0. The number of rotatable bonds is 5. The fourth-order valence-corrected chi connectivity index (χ4v) is 3.03. The van der Waals surface area contributed by atoms with E-state index >= 15 is 0 Å². The molecule has 0 fully saturated rings. The highest BCUT2D eigenvalue weighted by atomic mass is 16.6. The Bertz CT molecular complexity index is 1090. The molecule has 0 aliphatic carbocycles. The second kappa shape index (κ2) is 7.07. The normalized spacial score (nSPS) is 11.0. The topological polar surface area (TPSA) is 70.2 Å². The molecule has 2 aromatic carbocycles. The van der Waals surface area contributed by atoms with Crippen LogP contribution in [0.15, 0.2) is 59.3 Å². The predicted molar refractivity (Wildman–Crippen MR) is 101 cm³/mol. The first kappa shape index (κ1) is 17.0. The lowest BCUT2D eigenvalue weighted by Crippen LogP contribution is -2.05. The quantitative estimate of drug-likeness (QED) is 0.500. The van der Waals surface area contributed by atoms with Gasteiger partial charge in [-0.3, -0.25) is 0 Å². The Morgan fingerprint density at radius 1 is 1.15 bits per heavy atom. The summed E-state index contributed by atoms with van der Waals surface area (Å²) in [5.74, 6) is 0.325. The lowest BCUT2D eigenvalue weighted by Gasteiger charge is -2.00. The van der Waals surface area contributed by atoms with Gasteiger partial charge < -0.3 is 13.8 Å². The molecule has 0 saturated heterocycles. The van der Waals surface area contributed by atoms with E-state index in [0.29, 0.717) is 11.4 Å². The highest BCUT2D eigenvalue weighted by Gasteiger charge is 2.17. The van der Waals surface area contributed by atoms with Crippen molar-refractivity contribution in [3.8, 4) is 11.4 Å². The summed E-state index contributed by atoms with van der Waals surface area (Å²) in [6, 6.07) is 15.7. The van der Waals surface area contributed by atoms with Gasteiger partial charge in [-0.2, -0.15) is 4.98 Å². The molecule has 0 atom stereocenters. The maximum atomic E-state index is 12.5. The zero-order chi connectivity index (χ0) is 18.8. The molecule has 0 aliphatic heterocycles. The molecule has 6 nitrogen and oxygen atoms in total. The molecule has 0 bridgehead atoms. The first-order valence-electron chi connectivity index (χ1n) is 8.79. The van der Waals surface area contributed by atoms with Crippen LogP contribution in [0.4, 0.5) is 0 Å². The maximum absolute atomic E-state index is 12.5. The van der Waals surface area contributed by atoms with E-state index in [1.807, 2.05) is 60.1 Å². The molecule has 136 valence electrons. The molecule has 4 aromatic rings. The Morgan fingerprint density at radius 3 is 2.70 bits per heavy atom. The van der Waals surface area contributed by atoms with Crippen molar-refractivity contribution in [2.45, 2.75) is 20.0 Å². The summed E-state index contributed by atoms with van der Waals surface area (Å²) in [5, 5.41) is 4.82. The molecule has 0 aliphatic rings. The van der Waals surface area contributed by atoms with Gasteiger partial charge in [0.1, 0.15) is 0 Å². The standard InChI is InChI=1S/C21H19N3O3/c1-3-14-8-10-15(11-9-14)20-22-19(27-23-20)13-26-21(25)17-12-24(2)18-7-5-4-6-16(17)18/h4-12H,3,13H2,1-2H3. The number of para-hydroxylation sites is 1. The van der Waals surface area contributed by atoms with E-state index in [9.17, 15) is 4.79 Å². The first-order chi connectivity index (χ1) is 13.2. The van der Waals surface area contributed by atoms with Crippen LogP contribution in [0.1, 0.15) is 28.7 Å². The van der Waals surface area contributed by atoms with Gasteiger partial charge >= 0.3 is 5.97 Å². The highest BCUT2D eigenvalue weighted by Crippen LogP contribution is 2.22. The van der Waals surface area contributed by atoms with Gasteiger partial charge in [0.15, 0.2) is 6.61 Å². The van der Waals surface area contributed by atoms with Gasteiger partial charge in [-0.05, 0) is 18.1 Å². The summed E-state index contributed by atoms with van der Waals surface area (Å²) in [6.07, 6.45) is 2.74. The molecule has 0 unspecified atom stereocenters. The van der Waals surface area contributed by atoms with Gasteiger partial charge in [0.05, 0.1) is 5.56 Å². The zero-order valence-corrected chi connectivity index (χ0v) is 15.2. The van der Waals surface area contributed by atoms with Crippen molar-refractivity contribution in [1.82, 2.24) is 14.7 Å². The van der Waals surface area contributed by atoms with Gasteiger partial charge in [-0.25, -0.2) is 4.79 Å². The Hall–Kier alpha value is -3.41. The van der Waals surface area contributed by atoms with Crippen molar-refractivity contribution in [2.75, 3.05) is 0 Å². The molecule has 4 rings (SSSR count). The van der Waals surface area contributed by atoms with Crippen LogP contribution < -0.4 is 0 Å². The average Bonchev–Trinajstić information content (AvgIpc) is 3.31. The Balaban J connectivity index is 1.47. The monoisotopic (exact) mass is 361 g/mol. The predicted octanol–water partition coefficient (Wildman–Crippen LogP) is 4.15. The number of carbonyl (C=O) groups excluding carboxylic acids is 1. The molecule has 0 radical (unpaired) electrons. The summed E-state index contributed by atoms with van der Waals surface area (Å²) in [4.78, 5) is 16.8. The van der Waals surface area contributed by atoms with Crippen LogP contribution in [-0.2, 0) is 24.8 Å². The van der Waals surface area contributed by atoms with Crippen molar-refractivity contribution in [3.63, 3.8) is 0 Å². The van der Waals surface area contributed by atoms with Gasteiger partial charge in [-0.15, -0.1) is 0 Å². The minimum Gasteiger partial charge on any atom is -0.452 e. The van der Waals surface area contributed by atoms with Gasteiger partial charge in [-0.1, -0.05) is 54.5 Å². The number of aryl methyl sites for hydroxylation is 2. The highest BCUT2D eigenvalue weighted by molar-refractivity contribution is 6.04. The minimum absolute atomic E-state index is 0.0674. The molecule has 6 heteroatoms. The van der Waals surface area contributed by atoms with E-state index in [1.165, 1.54) is 5.56 Å². The summed E-state index contributed by atoms with van der Waals surface area (Å²) in [7, 11) is 1.90. The molecular formula is C21H19N3O3. The number of benzene rings is 2. The van der Waals surface area contributed by atoms with E-state index < -0.39 is 5.97 Å². The Kier molecular flexibility index (Phi) is 4.46. The largest absolute Gasteiger partial charge is 0.452 e. The number of ether oxygens (including phenoxy) is 1. The maximum Gasteiger partial charge on any atom is 0.340 e. The van der Waals surface area contributed by atoms with Crippen LogP contribution in [0.25, 0.3) is 22.3 Å². The molecular weight excluding hydrogens is 342 g/mol. The summed E-state index contributed by atoms with van der Waals surface area (Å²) >= 11 is 0. The van der Waals surface area contributed by atoms with Crippen molar-refractivity contribution in [2.24, 2.45) is 7.05 Å². The Labute approximate surface area is 156 Å². The molecule has 27 heavy (non-hydrogen) atoms. The van der Waals surface area contributed by atoms with Crippen LogP contribution in [-0.4, -0.2) is 20.7 Å². The lowest BCUT2D eigenvalue weighted by molar-refractivity contribution is 0.0432. The first-order valence-corrected chi connectivity index (χ1v) is 8.79. The molecule has 0 saturated carbocycles. The molecule has 2 aromatic heterocycles. The number of aromatic nitrogens is 3. The third-order valence-corrected chi connectivity index (χ3v) is 4.53. The van der Waals surface area contributed by atoms with Crippen molar-refractivity contribution in [3.05, 3.63) is 71.7 Å². The smallest absolute Gasteiger partial charge is 0.340 e. The molecule has 2 heterocycles.